The number of hydrogen-bond acceptors (Lipinski definition) is 1. The van der Waals surface area contributed by atoms with Crippen LogP contribution in [-0.4, -0.2) is 14.2 Å². The number of aryl methyl sites for hydroxylation is 1. The molecule has 0 spiro atoms. The van der Waals surface area contributed by atoms with Crippen LogP contribution in [0.3, 0.4) is 0 Å². The molecule has 3 nitrogen and oxygen atoms in total. The van der Waals surface area contributed by atoms with Crippen molar-refractivity contribution in [1.82, 2.24) is 14.2 Å². The molecule has 39 heavy (non-hydrogen) atoms. The normalized spacial score (nSPS) is 14.7. The fourth-order valence-corrected chi connectivity index (χ4v) is 6.75. The van der Waals surface area contributed by atoms with Gasteiger partial charge in [0.05, 0.1) is 27.8 Å². The Bertz CT molecular complexity index is 2000. The van der Waals surface area contributed by atoms with E-state index in [2.05, 4.69) is 119 Å². The number of pyridine rings is 1. The van der Waals surface area contributed by atoms with Gasteiger partial charge in [0, 0.05) is 27.4 Å². The summed E-state index contributed by atoms with van der Waals surface area (Å²) in [6.45, 7) is 2.19. The van der Waals surface area contributed by atoms with Crippen molar-refractivity contribution in [3.63, 3.8) is 0 Å². The summed E-state index contributed by atoms with van der Waals surface area (Å²) < 4.78 is 4.48. The Labute approximate surface area is 228 Å². The Morgan fingerprint density at radius 2 is 1.44 bits per heavy atom. The number of aromatic nitrogens is 3. The summed E-state index contributed by atoms with van der Waals surface area (Å²) in [6.07, 6.45) is 6.75. The summed E-state index contributed by atoms with van der Waals surface area (Å²) in [5, 5.41) is 8.89. The first-order valence-corrected chi connectivity index (χ1v) is 14.3. The fraction of sp³-hybridized carbons (Fsp3) is 0.194. The van der Waals surface area contributed by atoms with Gasteiger partial charge in [-0.05, 0) is 85.8 Å². The van der Waals surface area contributed by atoms with E-state index < -0.39 is 0 Å². The molecule has 190 valence electrons. The molecule has 1 aliphatic carbocycles. The molecule has 1 aliphatic rings. The lowest BCUT2D eigenvalue weighted by Gasteiger charge is -2.22. The number of hydrogen-bond donors (Lipinski definition) is 0. The molecule has 0 saturated heterocycles. The highest BCUT2D eigenvalue weighted by molar-refractivity contribution is 6.09. The van der Waals surface area contributed by atoms with Crippen LogP contribution in [0.15, 0.2) is 103 Å². The smallest absolute Gasteiger partial charge is 0.0933 e. The Hall–Kier alpha value is -4.37. The predicted molar refractivity (Wildman–Crippen MR) is 163 cm³/mol. The van der Waals surface area contributed by atoms with Gasteiger partial charge in [-0.2, -0.15) is 5.10 Å². The second kappa shape index (κ2) is 8.84. The van der Waals surface area contributed by atoms with Crippen LogP contribution >= 0.6 is 0 Å². The van der Waals surface area contributed by atoms with E-state index >= 15 is 0 Å². The van der Waals surface area contributed by atoms with Crippen LogP contribution in [0, 0.1) is 6.92 Å². The summed E-state index contributed by atoms with van der Waals surface area (Å²) >= 11 is 0. The fourth-order valence-electron chi connectivity index (χ4n) is 6.75. The maximum atomic E-state index is 4.98. The molecule has 0 N–H and O–H groups in total. The van der Waals surface area contributed by atoms with Crippen LogP contribution in [0.25, 0.3) is 55.2 Å². The summed E-state index contributed by atoms with van der Waals surface area (Å²) in [7, 11) is 0. The van der Waals surface area contributed by atoms with Gasteiger partial charge in [-0.1, -0.05) is 73.4 Å². The monoisotopic (exact) mass is 505 g/mol. The Kier molecular flexibility index (Phi) is 5.12. The van der Waals surface area contributed by atoms with Gasteiger partial charge < -0.3 is 4.57 Å². The highest BCUT2D eigenvalue weighted by Crippen LogP contribution is 2.38. The van der Waals surface area contributed by atoms with E-state index in [9.17, 15) is 0 Å². The molecule has 0 bridgehead atoms. The highest BCUT2D eigenvalue weighted by Gasteiger charge is 2.19. The van der Waals surface area contributed by atoms with Gasteiger partial charge in [-0.15, -0.1) is 0 Å². The average molecular weight is 506 g/mol. The summed E-state index contributed by atoms with van der Waals surface area (Å²) in [5.74, 6) is 0.702. The number of benzene rings is 4. The lowest BCUT2D eigenvalue weighted by atomic mass is 9.84. The zero-order valence-corrected chi connectivity index (χ0v) is 22.3. The van der Waals surface area contributed by atoms with Crippen LogP contribution in [0.2, 0.25) is 0 Å². The van der Waals surface area contributed by atoms with E-state index in [0.29, 0.717) is 5.92 Å². The lowest BCUT2D eigenvalue weighted by Crippen LogP contribution is -2.04. The summed E-state index contributed by atoms with van der Waals surface area (Å²) in [6, 6.07) is 37.9. The minimum Gasteiger partial charge on any atom is -0.309 e. The van der Waals surface area contributed by atoms with E-state index in [4.69, 9.17) is 5.10 Å². The third kappa shape index (κ3) is 3.68. The van der Waals surface area contributed by atoms with Gasteiger partial charge in [0.2, 0.25) is 0 Å². The number of fused-ring (bicyclic) bond motifs is 6. The molecule has 3 heterocycles. The molecule has 1 saturated carbocycles. The maximum absolute atomic E-state index is 4.98. The molecular weight excluding hydrogens is 474 g/mol. The minimum atomic E-state index is 0.702. The first-order valence-electron chi connectivity index (χ1n) is 14.3. The topological polar surface area (TPSA) is 22.2 Å². The number of nitrogens with zero attached hydrogens (tertiary/aromatic N) is 3. The van der Waals surface area contributed by atoms with E-state index in [0.717, 1.165) is 22.3 Å². The molecule has 0 unspecified atom stereocenters. The Morgan fingerprint density at radius 1 is 0.667 bits per heavy atom. The molecule has 8 rings (SSSR count). The largest absolute Gasteiger partial charge is 0.309 e. The van der Waals surface area contributed by atoms with Crippen molar-refractivity contribution in [3.05, 3.63) is 114 Å². The molecule has 3 aromatic heterocycles. The highest BCUT2D eigenvalue weighted by atomic mass is 15.2. The molecular formula is C36H31N3. The second-order valence-electron chi connectivity index (χ2n) is 11.3. The molecule has 7 aromatic rings. The van der Waals surface area contributed by atoms with Gasteiger partial charge in [0.1, 0.15) is 0 Å². The SMILES string of the molecule is Cc1ccc2c(c1)c1cc(C3CCCCC3)ccc1n2-c1ccc(-c2cc3ccc4ccccc4n3n2)cc1. The van der Waals surface area contributed by atoms with Crippen LogP contribution in [-0.2, 0) is 0 Å². The van der Waals surface area contributed by atoms with E-state index in [1.165, 1.54) is 76.1 Å². The van der Waals surface area contributed by atoms with E-state index in [1.54, 1.807) is 0 Å². The molecule has 0 radical (unpaired) electrons. The summed E-state index contributed by atoms with van der Waals surface area (Å²) in [5.41, 5.74) is 10.9. The van der Waals surface area contributed by atoms with Gasteiger partial charge in [0.25, 0.3) is 0 Å². The Morgan fingerprint density at radius 3 is 2.28 bits per heavy atom. The van der Waals surface area contributed by atoms with Crippen molar-refractivity contribution in [2.75, 3.05) is 0 Å². The van der Waals surface area contributed by atoms with Crippen LogP contribution in [0.5, 0.6) is 0 Å². The second-order valence-corrected chi connectivity index (χ2v) is 11.3. The molecule has 0 amide bonds. The van der Waals surface area contributed by atoms with Gasteiger partial charge in [0.15, 0.2) is 0 Å². The van der Waals surface area contributed by atoms with Crippen molar-refractivity contribution in [2.45, 2.75) is 44.9 Å². The van der Waals surface area contributed by atoms with Gasteiger partial charge in [-0.25, -0.2) is 4.52 Å². The van der Waals surface area contributed by atoms with E-state index in [-0.39, 0.29) is 0 Å². The quantitative estimate of drug-likeness (QED) is 0.234. The van der Waals surface area contributed by atoms with E-state index in [1.807, 2.05) is 0 Å². The third-order valence-electron chi connectivity index (χ3n) is 8.78. The lowest BCUT2D eigenvalue weighted by molar-refractivity contribution is 0.444. The van der Waals surface area contributed by atoms with Crippen LogP contribution in [0.4, 0.5) is 0 Å². The molecule has 0 atom stereocenters. The van der Waals surface area contributed by atoms with Gasteiger partial charge in [-0.3, -0.25) is 0 Å². The number of rotatable bonds is 3. The predicted octanol–water partition coefficient (Wildman–Crippen LogP) is 9.61. The van der Waals surface area contributed by atoms with Crippen LogP contribution < -0.4 is 0 Å². The standard InChI is InChI=1S/C36H31N3/c1-24-11-19-35-31(21-24)32-22-28(25-7-3-2-4-8-25)15-20-36(32)38(35)29-16-12-26(13-17-29)33-23-30-18-14-27-9-5-6-10-34(27)39(30)37-33/h5-6,9-23,25H,2-4,7-8H2,1H3. The molecule has 1 fully saturated rings. The van der Waals surface area contributed by atoms with Crippen molar-refractivity contribution in [2.24, 2.45) is 0 Å². The molecule has 0 aliphatic heterocycles. The summed E-state index contributed by atoms with van der Waals surface area (Å²) in [4.78, 5) is 0. The Balaban J connectivity index is 1.24. The molecule has 4 aromatic carbocycles. The van der Waals surface area contributed by atoms with Crippen molar-refractivity contribution in [3.8, 4) is 16.9 Å². The van der Waals surface area contributed by atoms with Crippen molar-refractivity contribution in [1.29, 1.82) is 0 Å². The van der Waals surface area contributed by atoms with Crippen LogP contribution in [0.1, 0.15) is 49.1 Å². The third-order valence-corrected chi connectivity index (χ3v) is 8.78. The number of para-hydroxylation sites is 1. The average Bonchev–Trinajstić information content (AvgIpc) is 3.57. The molecule has 3 heteroatoms. The zero-order valence-electron chi connectivity index (χ0n) is 22.3. The zero-order chi connectivity index (χ0) is 25.9. The van der Waals surface area contributed by atoms with Gasteiger partial charge >= 0.3 is 0 Å². The van der Waals surface area contributed by atoms with Crippen molar-refractivity contribution >= 4 is 38.2 Å². The first-order chi connectivity index (χ1) is 19.2. The minimum absolute atomic E-state index is 0.702. The first kappa shape index (κ1) is 22.6. The van der Waals surface area contributed by atoms with Crippen molar-refractivity contribution < 1.29 is 0 Å². The maximum Gasteiger partial charge on any atom is 0.0933 e.